The van der Waals surface area contributed by atoms with Gasteiger partial charge >= 0.3 is 12.3 Å². The third kappa shape index (κ3) is 2.99. The maximum Gasteiger partial charge on any atom is 0.410 e. The molecule has 0 radical (unpaired) electrons. The molecule has 1 fully saturated rings. The Kier molecular flexibility index (Phi) is 4.16. The fourth-order valence-electron chi connectivity index (χ4n) is 2.63. The predicted molar refractivity (Wildman–Crippen MR) is 72.0 cm³/mol. The van der Waals surface area contributed by atoms with E-state index < -0.39 is 24.2 Å². The van der Waals surface area contributed by atoms with E-state index >= 15 is 0 Å². The van der Waals surface area contributed by atoms with Crippen molar-refractivity contribution in [3.8, 4) is 0 Å². The Hall–Kier alpha value is -1.72. The van der Waals surface area contributed by atoms with Gasteiger partial charge in [-0.25, -0.2) is 4.79 Å². The van der Waals surface area contributed by atoms with Gasteiger partial charge in [0.25, 0.3) is 0 Å². The summed E-state index contributed by atoms with van der Waals surface area (Å²) in [5, 5.41) is 0. The number of rotatable bonds is 2. The standard InChI is InChI=1S/C15H18F3NO2/c1-11(2)21-13(20)19-9-8-14(10-19,15(16,17)18)12-6-4-3-5-7-12/h3-7,11H,8-10H2,1-2H3/t14-/m0/s1. The van der Waals surface area contributed by atoms with Crippen LogP contribution in [0.4, 0.5) is 18.0 Å². The monoisotopic (exact) mass is 301 g/mol. The highest BCUT2D eigenvalue weighted by Crippen LogP contribution is 2.47. The first-order valence-corrected chi connectivity index (χ1v) is 6.84. The fraction of sp³-hybridized carbons (Fsp3) is 0.533. The third-order valence-corrected chi connectivity index (χ3v) is 3.73. The summed E-state index contributed by atoms with van der Waals surface area (Å²) >= 11 is 0. The van der Waals surface area contributed by atoms with Crippen molar-refractivity contribution in [1.29, 1.82) is 0 Å². The number of carbonyl (C=O) groups excluding carboxylic acids is 1. The van der Waals surface area contributed by atoms with Crippen molar-refractivity contribution >= 4 is 6.09 Å². The van der Waals surface area contributed by atoms with Crippen molar-refractivity contribution in [3.05, 3.63) is 35.9 Å². The SMILES string of the molecule is CC(C)OC(=O)N1CC[C@](c2ccccc2)(C(F)(F)F)C1. The number of carbonyl (C=O) groups is 1. The molecular weight excluding hydrogens is 283 g/mol. The minimum atomic E-state index is -4.42. The highest BCUT2D eigenvalue weighted by Gasteiger charge is 2.59. The summed E-state index contributed by atoms with van der Waals surface area (Å²) in [4.78, 5) is 13.0. The molecule has 3 nitrogen and oxygen atoms in total. The van der Waals surface area contributed by atoms with E-state index in [2.05, 4.69) is 0 Å². The average molecular weight is 301 g/mol. The van der Waals surface area contributed by atoms with Gasteiger partial charge in [0.2, 0.25) is 0 Å². The lowest BCUT2D eigenvalue weighted by Crippen LogP contribution is -2.45. The van der Waals surface area contributed by atoms with Gasteiger partial charge in [-0.05, 0) is 25.8 Å². The Morgan fingerprint density at radius 2 is 1.90 bits per heavy atom. The van der Waals surface area contributed by atoms with E-state index in [1.165, 1.54) is 12.1 Å². The second-order valence-electron chi connectivity index (χ2n) is 5.55. The molecule has 21 heavy (non-hydrogen) atoms. The summed E-state index contributed by atoms with van der Waals surface area (Å²) in [5.74, 6) is 0. The molecule has 0 saturated carbocycles. The molecule has 0 aliphatic carbocycles. The number of benzene rings is 1. The molecule has 1 aliphatic heterocycles. The van der Waals surface area contributed by atoms with Crippen LogP contribution < -0.4 is 0 Å². The lowest BCUT2D eigenvalue weighted by Gasteiger charge is -2.32. The van der Waals surface area contributed by atoms with Gasteiger partial charge in [0.1, 0.15) is 5.41 Å². The van der Waals surface area contributed by atoms with Crippen molar-refractivity contribution in [2.75, 3.05) is 13.1 Å². The van der Waals surface area contributed by atoms with Crippen LogP contribution in [-0.2, 0) is 10.2 Å². The molecule has 2 rings (SSSR count). The molecule has 1 aromatic rings. The number of likely N-dealkylation sites (tertiary alicyclic amines) is 1. The topological polar surface area (TPSA) is 29.5 Å². The Morgan fingerprint density at radius 1 is 1.29 bits per heavy atom. The molecule has 0 spiro atoms. The number of ether oxygens (including phenoxy) is 1. The second kappa shape index (κ2) is 5.58. The van der Waals surface area contributed by atoms with E-state index in [0.717, 1.165) is 4.90 Å². The first kappa shape index (κ1) is 15.7. The van der Waals surface area contributed by atoms with Crippen molar-refractivity contribution in [1.82, 2.24) is 4.90 Å². The molecule has 6 heteroatoms. The maximum atomic E-state index is 13.6. The number of amides is 1. The summed E-state index contributed by atoms with van der Waals surface area (Å²) < 4.78 is 45.9. The van der Waals surface area contributed by atoms with Crippen molar-refractivity contribution < 1.29 is 22.7 Å². The summed E-state index contributed by atoms with van der Waals surface area (Å²) in [6.45, 7) is 2.98. The molecule has 116 valence electrons. The predicted octanol–water partition coefficient (Wildman–Crippen LogP) is 3.74. The Bertz CT molecular complexity index is 501. The zero-order valence-corrected chi connectivity index (χ0v) is 12.0. The van der Waals surface area contributed by atoms with Gasteiger partial charge in [-0.15, -0.1) is 0 Å². The molecule has 0 bridgehead atoms. The molecule has 0 unspecified atom stereocenters. The number of halogens is 3. The number of alkyl halides is 3. The van der Waals surface area contributed by atoms with E-state index in [-0.39, 0.29) is 24.6 Å². The smallest absolute Gasteiger partial charge is 0.410 e. The summed E-state index contributed by atoms with van der Waals surface area (Å²) in [5.41, 5.74) is -1.82. The van der Waals surface area contributed by atoms with Crippen molar-refractivity contribution in [3.63, 3.8) is 0 Å². The molecule has 0 N–H and O–H groups in total. The zero-order chi connectivity index (χ0) is 15.7. The molecule has 1 heterocycles. The largest absolute Gasteiger partial charge is 0.447 e. The molecule has 1 aliphatic rings. The third-order valence-electron chi connectivity index (χ3n) is 3.73. The number of hydrogen-bond donors (Lipinski definition) is 0. The van der Waals surface area contributed by atoms with Crippen LogP contribution >= 0.6 is 0 Å². The summed E-state index contributed by atoms with van der Waals surface area (Å²) in [6.07, 6.45) is -5.60. The van der Waals surface area contributed by atoms with Crippen LogP contribution in [0.5, 0.6) is 0 Å². The average Bonchev–Trinajstić information content (AvgIpc) is 2.85. The minimum absolute atomic E-state index is 0.0416. The Balaban J connectivity index is 2.28. The Morgan fingerprint density at radius 3 is 2.43 bits per heavy atom. The molecule has 1 aromatic carbocycles. The summed E-state index contributed by atoms with van der Waals surface area (Å²) in [6, 6.07) is 7.76. The van der Waals surface area contributed by atoms with Crippen molar-refractivity contribution in [2.45, 2.75) is 38.0 Å². The lowest BCUT2D eigenvalue weighted by atomic mass is 9.79. The van der Waals surface area contributed by atoms with E-state index in [4.69, 9.17) is 4.74 Å². The molecular formula is C15H18F3NO2. The lowest BCUT2D eigenvalue weighted by molar-refractivity contribution is -0.186. The van der Waals surface area contributed by atoms with Gasteiger partial charge in [-0.1, -0.05) is 30.3 Å². The molecule has 0 aromatic heterocycles. The first-order chi connectivity index (χ1) is 9.76. The van der Waals surface area contributed by atoms with E-state index in [1.807, 2.05) is 0 Å². The maximum absolute atomic E-state index is 13.6. The normalized spacial score (nSPS) is 22.7. The van der Waals surface area contributed by atoms with Gasteiger partial charge < -0.3 is 9.64 Å². The van der Waals surface area contributed by atoms with Crippen LogP contribution in [0.1, 0.15) is 25.8 Å². The van der Waals surface area contributed by atoms with Crippen LogP contribution in [0.25, 0.3) is 0 Å². The number of nitrogens with zero attached hydrogens (tertiary/aromatic N) is 1. The number of hydrogen-bond acceptors (Lipinski definition) is 2. The van der Waals surface area contributed by atoms with E-state index in [9.17, 15) is 18.0 Å². The van der Waals surface area contributed by atoms with Crippen LogP contribution in [0.3, 0.4) is 0 Å². The zero-order valence-electron chi connectivity index (χ0n) is 12.0. The van der Waals surface area contributed by atoms with Gasteiger partial charge in [0, 0.05) is 13.1 Å². The van der Waals surface area contributed by atoms with Crippen LogP contribution in [0.15, 0.2) is 30.3 Å². The van der Waals surface area contributed by atoms with Crippen LogP contribution in [0, 0.1) is 0 Å². The Labute approximate surface area is 121 Å². The van der Waals surface area contributed by atoms with Gasteiger partial charge in [-0.2, -0.15) is 13.2 Å². The van der Waals surface area contributed by atoms with Gasteiger partial charge in [0.05, 0.1) is 6.10 Å². The van der Waals surface area contributed by atoms with Gasteiger partial charge in [0.15, 0.2) is 0 Å². The second-order valence-corrected chi connectivity index (χ2v) is 5.55. The van der Waals surface area contributed by atoms with Crippen LogP contribution in [-0.4, -0.2) is 36.4 Å². The molecule has 1 atom stereocenters. The highest BCUT2D eigenvalue weighted by molar-refractivity contribution is 5.68. The fourth-order valence-corrected chi connectivity index (χ4v) is 2.63. The van der Waals surface area contributed by atoms with E-state index in [1.54, 1.807) is 32.0 Å². The highest BCUT2D eigenvalue weighted by atomic mass is 19.4. The summed E-state index contributed by atoms with van der Waals surface area (Å²) in [7, 11) is 0. The van der Waals surface area contributed by atoms with Crippen LogP contribution in [0.2, 0.25) is 0 Å². The quantitative estimate of drug-likeness (QED) is 0.833. The first-order valence-electron chi connectivity index (χ1n) is 6.84. The molecule has 1 amide bonds. The van der Waals surface area contributed by atoms with E-state index in [0.29, 0.717) is 0 Å². The molecule has 1 saturated heterocycles. The van der Waals surface area contributed by atoms with Gasteiger partial charge in [-0.3, -0.25) is 0 Å². The van der Waals surface area contributed by atoms with Crippen molar-refractivity contribution in [2.24, 2.45) is 0 Å². The minimum Gasteiger partial charge on any atom is -0.447 e.